The maximum absolute atomic E-state index is 12.7. The first-order valence-electron chi connectivity index (χ1n) is 10.2. The lowest BCUT2D eigenvalue weighted by atomic mass is 9.86. The zero-order valence-electron chi connectivity index (χ0n) is 18.1. The van der Waals surface area contributed by atoms with E-state index < -0.39 is 17.4 Å². The minimum Gasteiger partial charge on any atom is -0.479 e. The van der Waals surface area contributed by atoms with Crippen molar-refractivity contribution in [1.82, 2.24) is 5.32 Å². The third-order valence-electron chi connectivity index (χ3n) is 4.76. The van der Waals surface area contributed by atoms with E-state index in [9.17, 15) is 14.7 Å². The van der Waals surface area contributed by atoms with Crippen molar-refractivity contribution in [1.29, 1.82) is 0 Å². The summed E-state index contributed by atoms with van der Waals surface area (Å²) < 4.78 is 0. The highest BCUT2D eigenvalue weighted by Crippen LogP contribution is 2.21. The maximum atomic E-state index is 12.7. The van der Waals surface area contributed by atoms with E-state index in [-0.39, 0.29) is 31.3 Å². The summed E-state index contributed by atoms with van der Waals surface area (Å²) >= 11 is 0. The second kappa shape index (κ2) is 11.9. The molecule has 0 saturated carbocycles. The van der Waals surface area contributed by atoms with Crippen molar-refractivity contribution in [2.24, 2.45) is 32.9 Å². The van der Waals surface area contributed by atoms with Crippen LogP contribution in [0, 0.1) is 0 Å². The van der Waals surface area contributed by atoms with Crippen molar-refractivity contribution in [2.45, 2.75) is 24.8 Å². The number of carboxylic acids is 1. The Morgan fingerprint density at radius 3 is 2.21 bits per heavy atom. The summed E-state index contributed by atoms with van der Waals surface area (Å²) in [5.74, 6) is -1.80. The molecule has 0 heterocycles. The normalized spacial score (nSPS) is 12.5. The molecule has 2 rings (SSSR count). The van der Waals surface area contributed by atoms with E-state index in [1.165, 1.54) is 6.08 Å². The highest BCUT2D eigenvalue weighted by atomic mass is 16.4. The zero-order chi connectivity index (χ0) is 24.3. The van der Waals surface area contributed by atoms with Crippen LogP contribution in [0.15, 0.2) is 70.7 Å². The van der Waals surface area contributed by atoms with Gasteiger partial charge in [0.05, 0.1) is 5.69 Å². The third-order valence-corrected chi connectivity index (χ3v) is 4.76. The van der Waals surface area contributed by atoms with Crippen LogP contribution in [0.25, 0.3) is 6.08 Å². The number of aliphatic imine (C=N–C) groups is 2. The van der Waals surface area contributed by atoms with E-state index in [0.717, 1.165) is 11.1 Å². The van der Waals surface area contributed by atoms with Gasteiger partial charge in [-0.1, -0.05) is 42.5 Å². The average molecular weight is 452 g/mol. The summed E-state index contributed by atoms with van der Waals surface area (Å²) in [7, 11) is 0. The monoisotopic (exact) mass is 451 g/mol. The molecule has 0 spiro atoms. The highest BCUT2D eigenvalue weighted by Gasteiger charge is 2.39. The Bertz CT molecular complexity index is 1030. The molecule has 0 bridgehead atoms. The standard InChI is InChI=1S/C23H29N7O3/c24-21(25)28-14-4-13-23(20(32)33,15-17-5-2-1-3-6-17)30-19(31)12-9-16-7-10-18(11-8-16)29-22(26)27/h1-3,5-12H,4,13-15H2,(H,30,31)(H,32,33)(H4,24,25,28)(H4,26,27,29)/t23-/m1/s1. The average Bonchev–Trinajstić information content (AvgIpc) is 2.76. The van der Waals surface area contributed by atoms with Crippen LogP contribution in [0.2, 0.25) is 0 Å². The van der Waals surface area contributed by atoms with Crippen LogP contribution in [0.1, 0.15) is 24.0 Å². The molecule has 10 nitrogen and oxygen atoms in total. The summed E-state index contributed by atoms with van der Waals surface area (Å²) in [5.41, 5.74) is 21.9. The molecule has 1 atom stereocenters. The van der Waals surface area contributed by atoms with Gasteiger partial charge < -0.3 is 33.4 Å². The van der Waals surface area contributed by atoms with E-state index in [1.807, 2.05) is 30.3 Å². The highest BCUT2D eigenvalue weighted by molar-refractivity contribution is 5.96. The number of rotatable bonds is 11. The summed E-state index contributed by atoms with van der Waals surface area (Å²) in [5, 5.41) is 12.8. The second-order valence-corrected chi connectivity index (χ2v) is 7.41. The minimum absolute atomic E-state index is 0.0547. The van der Waals surface area contributed by atoms with Gasteiger partial charge in [-0.25, -0.2) is 9.79 Å². The molecule has 0 fully saturated rings. The number of carboxylic acid groups (broad SMARTS) is 1. The molecule has 2 aromatic carbocycles. The van der Waals surface area contributed by atoms with Crippen LogP contribution in [0.5, 0.6) is 0 Å². The van der Waals surface area contributed by atoms with Crippen LogP contribution in [0.3, 0.4) is 0 Å². The van der Waals surface area contributed by atoms with Crippen molar-refractivity contribution in [3.05, 3.63) is 71.8 Å². The van der Waals surface area contributed by atoms with Crippen molar-refractivity contribution >= 4 is 35.6 Å². The number of benzene rings is 2. The van der Waals surface area contributed by atoms with E-state index in [1.54, 1.807) is 30.3 Å². The fraction of sp³-hybridized carbons (Fsp3) is 0.217. The molecular formula is C23H29N7O3. The van der Waals surface area contributed by atoms with Crippen molar-refractivity contribution in [3.63, 3.8) is 0 Å². The number of nitrogens with zero attached hydrogens (tertiary/aromatic N) is 2. The summed E-state index contributed by atoms with van der Waals surface area (Å²) in [6, 6.07) is 15.9. The van der Waals surface area contributed by atoms with Gasteiger partial charge >= 0.3 is 5.97 Å². The molecule has 0 aliphatic heterocycles. The molecule has 2 aromatic rings. The van der Waals surface area contributed by atoms with Gasteiger partial charge in [0.15, 0.2) is 11.9 Å². The Morgan fingerprint density at radius 1 is 0.970 bits per heavy atom. The molecule has 0 aromatic heterocycles. The fourth-order valence-electron chi connectivity index (χ4n) is 3.22. The SMILES string of the molecule is NC(N)=NCCC[C@](Cc1ccccc1)(NC(=O)C=Cc1ccc(N=C(N)N)cc1)C(=O)O. The quantitative estimate of drug-likeness (QED) is 0.126. The van der Waals surface area contributed by atoms with Crippen LogP contribution in [0.4, 0.5) is 5.69 Å². The number of carbonyl (C=O) groups is 2. The van der Waals surface area contributed by atoms with Gasteiger partial charge in [0.2, 0.25) is 5.91 Å². The number of aliphatic carboxylic acids is 1. The molecule has 10 heteroatoms. The van der Waals surface area contributed by atoms with E-state index in [2.05, 4.69) is 15.3 Å². The Labute approximate surface area is 192 Å². The summed E-state index contributed by atoms with van der Waals surface area (Å²) in [4.78, 5) is 32.9. The lowest BCUT2D eigenvalue weighted by Gasteiger charge is -2.30. The van der Waals surface area contributed by atoms with Crippen molar-refractivity contribution in [2.75, 3.05) is 6.54 Å². The molecule has 174 valence electrons. The molecule has 0 radical (unpaired) electrons. The van der Waals surface area contributed by atoms with E-state index in [0.29, 0.717) is 12.1 Å². The molecule has 1 amide bonds. The number of guanidine groups is 2. The Hall–Kier alpha value is -4.34. The van der Waals surface area contributed by atoms with E-state index in [4.69, 9.17) is 22.9 Å². The van der Waals surface area contributed by atoms with Crippen LogP contribution >= 0.6 is 0 Å². The molecule has 33 heavy (non-hydrogen) atoms. The van der Waals surface area contributed by atoms with Gasteiger partial charge in [0, 0.05) is 19.0 Å². The van der Waals surface area contributed by atoms with Crippen molar-refractivity contribution < 1.29 is 14.7 Å². The zero-order valence-corrected chi connectivity index (χ0v) is 18.1. The number of hydrogen-bond donors (Lipinski definition) is 6. The van der Waals surface area contributed by atoms with Gasteiger partial charge in [0.25, 0.3) is 0 Å². The predicted octanol–water partition coefficient (Wildman–Crippen LogP) is 0.841. The van der Waals surface area contributed by atoms with Gasteiger partial charge in [-0.3, -0.25) is 9.79 Å². The smallest absolute Gasteiger partial charge is 0.329 e. The molecule has 0 saturated heterocycles. The number of carbonyl (C=O) groups excluding carboxylic acids is 1. The topological polar surface area (TPSA) is 195 Å². The van der Waals surface area contributed by atoms with Crippen LogP contribution in [-0.2, 0) is 16.0 Å². The largest absolute Gasteiger partial charge is 0.479 e. The molecule has 10 N–H and O–H groups in total. The van der Waals surface area contributed by atoms with Crippen LogP contribution < -0.4 is 28.3 Å². The van der Waals surface area contributed by atoms with E-state index >= 15 is 0 Å². The third kappa shape index (κ3) is 8.37. The first-order valence-corrected chi connectivity index (χ1v) is 10.2. The Kier molecular flexibility index (Phi) is 8.98. The van der Waals surface area contributed by atoms with Gasteiger partial charge in [-0.15, -0.1) is 0 Å². The lowest BCUT2D eigenvalue weighted by molar-refractivity contribution is -0.147. The van der Waals surface area contributed by atoms with Gasteiger partial charge in [-0.2, -0.15) is 0 Å². The first kappa shape index (κ1) is 24.9. The summed E-state index contributed by atoms with van der Waals surface area (Å²) in [6.07, 6.45) is 3.48. The number of amides is 1. The number of nitrogens with two attached hydrogens (primary N) is 4. The second-order valence-electron chi connectivity index (χ2n) is 7.41. The van der Waals surface area contributed by atoms with Gasteiger partial charge in [-0.05, 0) is 42.2 Å². The molecular weight excluding hydrogens is 422 g/mol. The predicted molar refractivity (Wildman–Crippen MR) is 130 cm³/mol. The molecule has 0 unspecified atom stereocenters. The Balaban J connectivity index is 2.19. The Morgan fingerprint density at radius 2 is 1.64 bits per heavy atom. The summed E-state index contributed by atoms with van der Waals surface area (Å²) in [6.45, 7) is 0.250. The van der Waals surface area contributed by atoms with Gasteiger partial charge in [0.1, 0.15) is 5.54 Å². The molecule has 0 aliphatic rings. The number of hydrogen-bond acceptors (Lipinski definition) is 4. The minimum atomic E-state index is -1.53. The lowest BCUT2D eigenvalue weighted by Crippen LogP contribution is -2.56. The number of nitrogens with one attached hydrogen (secondary N) is 1. The first-order chi connectivity index (χ1) is 15.7. The molecule has 0 aliphatic carbocycles. The van der Waals surface area contributed by atoms with Crippen LogP contribution in [-0.4, -0.2) is 41.0 Å². The maximum Gasteiger partial charge on any atom is 0.329 e. The fourth-order valence-corrected chi connectivity index (χ4v) is 3.22. The van der Waals surface area contributed by atoms with Crippen molar-refractivity contribution in [3.8, 4) is 0 Å².